The molecule has 1 N–H and O–H groups in total. The summed E-state index contributed by atoms with van der Waals surface area (Å²) in [5.41, 5.74) is 0. The maximum atomic E-state index is 13.8. The molecule has 0 aliphatic carbocycles. The van der Waals surface area contributed by atoms with E-state index >= 15 is 0 Å². The molecule has 0 amide bonds. The molecule has 0 bridgehead atoms. The predicted octanol–water partition coefficient (Wildman–Crippen LogP) is 2.45. The molecule has 118 valence electrons. The first-order valence-electron chi connectivity index (χ1n) is 6.22. The van der Waals surface area contributed by atoms with Crippen molar-refractivity contribution >= 4 is 31.9 Å². The Morgan fingerprint density at radius 1 is 1.43 bits per heavy atom. The van der Waals surface area contributed by atoms with Gasteiger partial charge in [0.05, 0.1) is 7.11 Å². The Kier molecular flexibility index (Phi) is 6.30. The van der Waals surface area contributed by atoms with Crippen molar-refractivity contribution in [3.8, 4) is 0 Å². The minimum absolute atomic E-state index is 0.0616. The summed E-state index contributed by atoms with van der Waals surface area (Å²) >= 11 is 3.05. The van der Waals surface area contributed by atoms with Gasteiger partial charge in [0.1, 0.15) is 16.8 Å². The summed E-state index contributed by atoms with van der Waals surface area (Å²) in [5.74, 6) is -1.54. The van der Waals surface area contributed by atoms with Crippen LogP contribution in [-0.2, 0) is 19.6 Å². The van der Waals surface area contributed by atoms with Crippen molar-refractivity contribution in [1.82, 2.24) is 4.72 Å². The molecule has 0 fully saturated rings. The van der Waals surface area contributed by atoms with Gasteiger partial charge in [0, 0.05) is 4.47 Å². The highest BCUT2D eigenvalue weighted by molar-refractivity contribution is 9.10. The fourth-order valence-electron chi connectivity index (χ4n) is 1.75. The second-order valence-electron chi connectivity index (χ2n) is 4.90. The molecule has 8 heteroatoms. The fraction of sp³-hybridized carbons (Fsp3) is 0.462. The van der Waals surface area contributed by atoms with Crippen molar-refractivity contribution < 1.29 is 22.3 Å². The number of sulfonamides is 1. The maximum Gasteiger partial charge on any atom is 0.323 e. The van der Waals surface area contributed by atoms with Crippen molar-refractivity contribution in [2.75, 3.05) is 7.11 Å². The van der Waals surface area contributed by atoms with E-state index in [1.165, 1.54) is 13.2 Å². The van der Waals surface area contributed by atoms with Gasteiger partial charge in [0.2, 0.25) is 10.0 Å². The molecule has 5 nitrogen and oxygen atoms in total. The van der Waals surface area contributed by atoms with Crippen LogP contribution in [-0.4, -0.2) is 27.5 Å². The van der Waals surface area contributed by atoms with Crippen LogP contribution in [0.15, 0.2) is 27.6 Å². The zero-order valence-corrected chi connectivity index (χ0v) is 14.3. The highest BCUT2D eigenvalue weighted by Gasteiger charge is 2.28. The molecule has 21 heavy (non-hydrogen) atoms. The smallest absolute Gasteiger partial charge is 0.323 e. The Morgan fingerprint density at radius 3 is 2.52 bits per heavy atom. The second-order valence-corrected chi connectivity index (χ2v) is 7.50. The van der Waals surface area contributed by atoms with E-state index < -0.39 is 32.7 Å². The summed E-state index contributed by atoms with van der Waals surface area (Å²) in [7, 11) is -2.98. The van der Waals surface area contributed by atoms with Crippen LogP contribution < -0.4 is 4.72 Å². The van der Waals surface area contributed by atoms with E-state index in [1.54, 1.807) is 0 Å². The lowest BCUT2D eigenvalue weighted by atomic mass is 10.1. The standard InChI is InChI=1S/C13H17BrFNO4S/c1-8(2)6-11(13(17)20-3)16-21(18,19)12-5-4-9(14)7-10(12)15/h4-5,7-8,11,16H,6H2,1-3H3. The van der Waals surface area contributed by atoms with Crippen molar-refractivity contribution in [1.29, 1.82) is 0 Å². The summed E-state index contributed by atoms with van der Waals surface area (Å²) in [4.78, 5) is 11.1. The van der Waals surface area contributed by atoms with Crippen LogP contribution in [0, 0.1) is 11.7 Å². The van der Waals surface area contributed by atoms with Crippen LogP contribution in [0.2, 0.25) is 0 Å². The third-order valence-electron chi connectivity index (χ3n) is 2.67. The average molecular weight is 382 g/mol. The second kappa shape index (κ2) is 7.33. The van der Waals surface area contributed by atoms with Gasteiger partial charge >= 0.3 is 5.97 Å². The van der Waals surface area contributed by atoms with E-state index in [2.05, 4.69) is 25.4 Å². The topological polar surface area (TPSA) is 72.5 Å². The van der Waals surface area contributed by atoms with Crippen LogP contribution in [0.1, 0.15) is 20.3 Å². The first-order chi connectivity index (χ1) is 9.67. The monoisotopic (exact) mass is 381 g/mol. The first-order valence-corrected chi connectivity index (χ1v) is 8.50. The van der Waals surface area contributed by atoms with Crippen LogP contribution in [0.5, 0.6) is 0 Å². The van der Waals surface area contributed by atoms with Crippen LogP contribution in [0.25, 0.3) is 0 Å². The van der Waals surface area contributed by atoms with Crippen molar-refractivity contribution in [3.63, 3.8) is 0 Å². The number of methoxy groups -OCH3 is 1. The van der Waals surface area contributed by atoms with Gasteiger partial charge in [-0.1, -0.05) is 29.8 Å². The van der Waals surface area contributed by atoms with E-state index in [0.717, 1.165) is 12.1 Å². The van der Waals surface area contributed by atoms with Crippen LogP contribution in [0.3, 0.4) is 0 Å². The first kappa shape index (κ1) is 18.1. The Morgan fingerprint density at radius 2 is 2.05 bits per heavy atom. The van der Waals surface area contributed by atoms with E-state index in [9.17, 15) is 17.6 Å². The van der Waals surface area contributed by atoms with E-state index in [1.807, 2.05) is 13.8 Å². The maximum absolute atomic E-state index is 13.8. The number of rotatable bonds is 6. The van der Waals surface area contributed by atoms with Gasteiger partial charge in [0.25, 0.3) is 0 Å². The summed E-state index contributed by atoms with van der Waals surface area (Å²) in [6.07, 6.45) is 0.254. The van der Waals surface area contributed by atoms with E-state index in [-0.39, 0.29) is 12.3 Å². The van der Waals surface area contributed by atoms with Crippen LogP contribution in [0.4, 0.5) is 4.39 Å². The highest BCUT2D eigenvalue weighted by atomic mass is 79.9. The average Bonchev–Trinajstić information content (AvgIpc) is 2.35. The minimum Gasteiger partial charge on any atom is -0.468 e. The summed E-state index contributed by atoms with van der Waals surface area (Å²) in [6.45, 7) is 3.68. The molecular formula is C13H17BrFNO4S. The predicted molar refractivity (Wildman–Crippen MR) is 79.7 cm³/mol. The lowest BCUT2D eigenvalue weighted by molar-refractivity contribution is -0.143. The fourth-order valence-corrected chi connectivity index (χ4v) is 3.34. The van der Waals surface area contributed by atoms with Gasteiger partial charge in [0.15, 0.2) is 0 Å². The van der Waals surface area contributed by atoms with Gasteiger partial charge in [-0.25, -0.2) is 12.8 Å². The minimum atomic E-state index is -4.15. The number of hydrogen-bond donors (Lipinski definition) is 1. The number of halogens is 2. The molecule has 0 radical (unpaired) electrons. The van der Waals surface area contributed by atoms with Gasteiger partial charge in [-0.05, 0) is 30.5 Å². The molecule has 0 saturated heterocycles. The normalized spacial score (nSPS) is 13.2. The number of benzene rings is 1. The SMILES string of the molecule is COC(=O)C(CC(C)C)NS(=O)(=O)c1ccc(Br)cc1F. The lowest BCUT2D eigenvalue weighted by Gasteiger charge is -2.18. The van der Waals surface area contributed by atoms with Gasteiger partial charge in [-0.3, -0.25) is 4.79 Å². The molecule has 0 saturated carbocycles. The quantitative estimate of drug-likeness (QED) is 0.768. The number of carbonyl (C=O) groups is 1. The molecule has 1 unspecified atom stereocenters. The number of hydrogen-bond acceptors (Lipinski definition) is 4. The van der Waals surface area contributed by atoms with Gasteiger partial charge in [-0.2, -0.15) is 4.72 Å². The molecular weight excluding hydrogens is 365 g/mol. The molecule has 0 aliphatic rings. The van der Waals surface area contributed by atoms with Crippen molar-refractivity contribution in [2.24, 2.45) is 5.92 Å². The summed E-state index contributed by atoms with van der Waals surface area (Å²) in [6, 6.07) is 2.53. The molecule has 0 heterocycles. The molecule has 1 atom stereocenters. The number of esters is 1. The molecule has 0 aromatic heterocycles. The molecule has 1 aromatic carbocycles. The van der Waals surface area contributed by atoms with Crippen molar-refractivity contribution in [3.05, 3.63) is 28.5 Å². The van der Waals surface area contributed by atoms with Gasteiger partial charge in [-0.15, -0.1) is 0 Å². The molecule has 0 aliphatic heterocycles. The van der Waals surface area contributed by atoms with E-state index in [0.29, 0.717) is 4.47 Å². The zero-order valence-electron chi connectivity index (χ0n) is 11.9. The Balaban J connectivity index is 3.08. The third-order valence-corrected chi connectivity index (χ3v) is 4.67. The van der Waals surface area contributed by atoms with E-state index in [4.69, 9.17) is 0 Å². The Bertz CT molecular complexity index is 619. The number of carbonyl (C=O) groups excluding carboxylic acids is 1. The molecule has 1 aromatic rings. The van der Waals surface area contributed by atoms with Crippen molar-refractivity contribution in [2.45, 2.75) is 31.2 Å². The Hall–Kier alpha value is -0.990. The lowest BCUT2D eigenvalue weighted by Crippen LogP contribution is -2.42. The molecule has 1 rings (SSSR count). The van der Waals surface area contributed by atoms with Crippen LogP contribution >= 0.6 is 15.9 Å². The number of nitrogens with one attached hydrogen (secondary N) is 1. The summed E-state index contributed by atoms with van der Waals surface area (Å²) < 4.78 is 45.4. The largest absolute Gasteiger partial charge is 0.468 e. The summed E-state index contributed by atoms with van der Waals surface area (Å²) in [5, 5.41) is 0. The third kappa shape index (κ3) is 5.05. The highest BCUT2D eigenvalue weighted by Crippen LogP contribution is 2.20. The Labute approximate surface area is 132 Å². The molecule has 0 spiro atoms. The van der Waals surface area contributed by atoms with Gasteiger partial charge < -0.3 is 4.74 Å². The zero-order chi connectivity index (χ0) is 16.2. The number of ether oxygens (including phenoxy) is 1.